The van der Waals surface area contributed by atoms with E-state index in [0.717, 1.165) is 5.56 Å². The van der Waals surface area contributed by atoms with Crippen LogP contribution in [0.4, 0.5) is 5.69 Å². The molecule has 1 N–H and O–H groups in total. The molecule has 3 rings (SSSR count). The van der Waals surface area contributed by atoms with Crippen molar-refractivity contribution in [3.63, 3.8) is 0 Å². The van der Waals surface area contributed by atoms with Gasteiger partial charge in [0.2, 0.25) is 0 Å². The number of carbonyl (C=O) groups is 1. The molecule has 0 saturated heterocycles. The monoisotopic (exact) mass is 350 g/mol. The Morgan fingerprint density at radius 3 is 2.73 bits per heavy atom. The zero-order chi connectivity index (χ0) is 18.4. The van der Waals surface area contributed by atoms with Crippen molar-refractivity contribution in [1.29, 1.82) is 0 Å². The Labute approximate surface area is 148 Å². The Kier molecular flexibility index (Phi) is 5.08. The summed E-state index contributed by atoms with van der Waals surface area (Å²) in [6.07, 6.45) is 4.72. The number of hydrogen-bond donors (Lipinski definition) is 1. The highest BCUT2D eigenvalue weighted by Gasteiger charge is 2.09. The molecular weight excluding hydrogens is 336 g/mol. The van der Waals surface area contributed by atoms with Gasteiger partial charge in [-0.25, -0.2) is 5.43 Å². The molecule has 0 unspecified atom stereocenters. The lowest BCUT2D eigenvalue weighted by atomic mass is 10.2. The summed E-state index contributed by atoms with van der Waals surface area (Å²) in [4.78, 5) is 26.3. The predicted molar refractivity (Wildman–Crippen MR) is 93.7 cm³/mol. The molecule has 9 heteroatoms. The van der Waals surface area contributed by atoms with Crippen LogP contribution in [0.25, 0.3) is 0 Å². The number of hydrazone groups is 1. The average Bonchev–Trinajstić information content (AvgIpc) is 3.11. The molecule has 2 aromatic heterocycles. The SMILES string of the molecule is O=C(N/N=C\c1ccccn1)c1ccn(Cc2ccc([N+](=O)[O-])cc2)n1. The van der Waals surface area contributed by atoms with Gasteiger partial charge >= 0.3 is 0 Å². The third-order valence-corrected chi connectivity index (χ3v) is 3.42. The number of hydrogen-bond acceptors (Lipinski definition) is 6. The van der Waals surface area contributed by atoms with Gasteiger partial charge in [-0.1, -0.05) is 18.2 Å². The smallest absolute Gasteiger partial charge is 0.268 e. The topological polar surface area (TPSA) is 115 Å². The molecule has 9 nitrogen and oxygen atoms in total. The summed E-state index contributed by atoms with van der Waals surface area (Å²) in [6, 6.07) is 13.1. The molecule has 0 fully saturated rings. The Bertz CT molecular complexity index is 935. The van der Waals surface area contributed by atoms with Crippen LogP contribution in [-0.4, -0.2) is 31.8 Å². The molecule has 1 aromatic carbocycles. The summed E-state index contributed by atoms with van der Waals surface area (Å²) in [5.41, 5.74) is 4.08. The molecule has 1 amide bonds. The number of nitro benzene ring substituents is 1. The molecule has 0 aliphatic carbocycles. The van der Waals surface area contributed by atoms with Crippen LogP contribution in [0.5, 0.6) is 0 Å². The molecule has 0 aliphatic heterocycles. The summed E-state index contributed by atoms with van der Waals surface area (Å²) < 4.78 is 1.57. The van der Waals surface area contributed by atoms with Crippen LogP contribution in [0.15, 0.2) is 66.0 Å². The number of aromatic nitrogens is 3. The second-order valence-corrected chi connectivity index (χ2v) is 5.28. The van der Waals surface area contributed by atoms with Crippen LogP contribution in [0.3, 0.4) is 0 Å². The van der Waals surface area contributed by atoms with Crippen molar-refractivity contribution in [2.75, 3.05) is 0 Å². The highest BCUT2D eigenvalue weighted by Crippen LogP contribution is 2.12. The van der Waals surface area contributed by atoms with Crippen LogP contribution in [-0.2, 0) is 6.54 Å². The predicted octanol–water partition coefficient (Wildman–Crippen LogP) is 2.00. The van der Waals surface area contributed by atoms with E-state index < -0.39 is 10.8 Å². The first-order valence-corrected chi connectivity index (χ1v) is 7.63. The van der Waals surface area contributed by atoms with E-state index in [4.69, 9.17) is 0 Å². The van der Waals surface area contributed by atoms with Crippen LogP contribution in [0.1, 0.15) is 21.7 Å². The van der Waals surface area contributed by atoms with E-state index in [1.54, 1.807) is 47.4 Å². The van der Waals surface area contributed by atoms with Crippen LogP contribution < -0.4 is 5.43 Å². The van der Waals surface area contributed by atoms with Gasteiger partial charge in [-0.2, -0.15) is 10.2 Å². The number of benzene rings is 1. The molecule has 0 atom stereocenters. The van der Waals surface area contributed by atoms with Gasteiger partial charge in [-0.05, 0) is 23.8 Å². The fourth-order valence-electron chi connectivity index (χ4n) is 2.15. The zero-order valence-corrected chi connectivity index (χ0v) is 13.5. The lowest BCUT2D eigenvalue weighted by Crippen LogP contribution is -2.18. The maximum atomic E-state index is 12.0. The Hall–Kier alpha value is -3.88. The second-order valence-electron chi connectivity index (χ2n) is 5.28. The standard InChI is InChI=1S/C17H14N6O3/c24-17(20-19-11-14-3-1-2-9-18-14)16-8-10-22(21-16)12-13-4-6-15(7-5-13)23(25)26/h1-11H,12H2,(H,20,24)/b19-11-. The van der Waals surface area contributed by atoms with Crippen molar-refractivity contribution in [3.05, 3.63) is 88.0 Å². The minimum atomic E-state index is -0.453. The number of rotatable bonds is 6. The zero-order valence-electron chi connectivity index (χ0n) is 13.5. The molecule has 130 valence electrons. The minimum absolute atomic E-state index is 0.0278. The minimum Gasteiger partial charge on any atom is -0.268 e. The molecule has 3 aromatic rings. The van der Waals surface area contributed by atoms with Gasteiger partial charge in [0.05, 0.1) is 23.4 Å². The first-order valence-electron chi connectivity index (χ1n) is 7.63. The van der Waals surface area contributed by atoms with Gasteiger partial charge in [0.1, 0.15) is 0 Å². The maximum absolute atomic E-state index is 12.0. The van der Waals surface area contributed by atoms with E-state index in [1.165, 1.54) is 18.3 Å². The summed E-state index contributed by atoms with van der Waals surface area (Å²) in [5, 5.41) is 18.7. The van der Waals surface area contributed by atoms with E-state index in [9.17, 15) is 14.9 Å². The molecule has 0 saturated carbocycles. The number of carbonyl (C=O) groups excluding carboxylic acids is 1. The van der Waals surface area contributed by atoms with E-state index >= 15 is 0 Å². The van der Waals surface area contributed by atoms with Gasteiger partial charge in [0.15, 0.2) is 5.69 Å². The van der Waals surface area contributed by atoms with Crippen LogP contribution in [0, 0.1) is 10.1 Å². The first kappa shape index (κ1) is 17.0. The van der Waals surface area contributed by atoms with E-state index in [-0.39, 0.29) is 11.4 Å². The largest absolute Gasteiger partial charge is 0.291 e. The Balaban J connectivity index is 1.59. The third kappa shape index (κ3) is 4.35. The number of nitro groups is 1. The van der Waals surface area contributed by atoms with Crippen molar-refractivity contribution in [2.24, 2.45) is 5.10 Å². The fourth-order valence-corrected chi connectivity index (χ4v) is 2.15. The molecule has 26 heavy (non-hydrogen) atoms. The fraction of sp³-hybridized carbons (Fsp3) is 0.0588. The molecule has 0 bridgehead atoms. The highest BCUT2D eigenvalue weighted by molar-refractivity contribution is 5.92. The van der Waals surface area contributed by atoms with Gasteiger partial charge in [0.25, 0.3) is 11.6 Å². The first-order chi connectivity index (χ1) is 12.6. The highest BCUT2D eigenvalue weighted by atomic mass is 16.6. The van der Waals surface area contributed by atoms with Crippen molar-refractivity contribution < 1.29 is 9.72 Å². The average molecular weight is 350 g/mol. The summed E-state index contributed by atoms with van der Waals surface area (Å²) in [6.45, 7) is 0.391. The van der Waals surface area contributed by atoms with Crippen LogP contribution >= 0.6 is 0 Å². The lowest BCUT2D eigenvalue weighted by molar-refractivity contribution is -0.384. The van der Waals surface area contributed by atoms with Crippen molar-refractivity contribution in [2.45, 2.75) is 6.54 Å². The normalized spacial score (nSPS) is 10.8. The molecule has 0 spiro atoms. The van der Waals surface area contributed by atoms with Crippen molar-refractivity contribution in [3.8, 4) is 0 Å². The van der Waals surface area contributed by atoms with Gasteiger partial charge in [-0.3, -0.25) is 24.6 Å². The van der Waals surface area contributed by atoms with Crippen molar-refractivity contribution in [1.82, 2.24) is 20.2 Å². The molecule has 2 heterocycles. The maximum Gasteiger partial charge on any atom is 0.291 e. The number of amides is 1. The lowest BCUT2D eigenvalue weighted by Gasteiger charge is -2.01. The number of nitrogens with zero attached hydrogens (tertiary/aromatic N) is 5. The van der Waals surface area contributed by atoms with E-state index in [2.05, 4.69) is 20.6 Å². The van der Waals surface area contributed by atoms with Gasteiger partial charge in [-0.15, -0.1) is 0 Å². The number of non-ortho nitro benzene ring substituents is 1. The number of pyridine rings is 1. The Morgan fingerprint density at radius 2 is 2.04 bits per heavy atom. The van der Waals surface area contributed by atoms with Crippen molar-refractivity contribution >= 4 is 17.8 Å². The summed E-state index contributed by atoms with van der Waals surface area (Å²) in [7, 11) is 0. The van der Waals surface area contributed by atoms with E-state index in [0.29, 0.717) is 12.2 Å². The quantitative estimate of drug-likeness (QED) is 0.415. The number of nitrogens with one attached hydrogen (secondary N) is 1. The molecule has 0 radical (unpaired) electrons. The van der Waals surface area contributed by atoms with E-state index in [1.807, 2.05) is 6.07 Å². The summed E-state index contributed by atoms with van der Waals surface area (Å²) in [5.74, 6) is -0.445. The van der Waals surface area contributed by atoms with Gasteiger partial charge < -0.3 is 0 Å². The third-order valence-electron chi connectivity index (χ3n) is 3.42. The Morgan fingerprint density at radius 1 is 1.23 bits per heavy atom. The second kappa shape index (κ2) is 7.79. The van der Waals surface area contributed by atoms with Crippen LogP contribution in [0.2, 0.25) is 0 Å². The molecular formula is C17H14N6O3. The van der Waals surface area contributed by atoms with Gasteiger partial charge in [0, 0.05) is 24.5 Å². The molecule has 0 aliphatic rings. The summed E-state index contributed by atoms with van der Waals surface area (Å²) >= 11 is 0.